The lowest BCUT2D eigenvalue weighted by molar-refractivity contribution is 0.0781. The molecular weight excluding hydrogens is 290 g/mol. The summed E-state index contributed by atoms with van der Waals surface area (Å²) in [6, 6.07) is 9.42. The van der Waals surface area contributed by atoms with Gasteiger partial charge in [-0.25, -0.2) is 13.6 Å². The van der Waals surface area contributed by atoms with Gasteiger partial charge >= 0.3 is 0 Å². The van der Waals surface area contributed by atoms with E-state index < -0.39 is 10.0 Å². The van der Waals surface area contributed by atoms with Crippen LogP contribution in [0.2, 0.25) is 0 Å². The topological polar surface area (TPSA) is 84.9 Å². The zero-order valence-electron chi connectivity index (χ0n) is 11.5. The molecule has 0 aromatic carbocycles. The van der Waals surface area contributed by atoms with Crippen LogP contribution in [-0.4, -0.2) is 42.5 Å². The second-order valence-corrected chi connectivity index (χ2v) is 7.11. The van der Waals surface area contributed by atoms with Gasteiger partial charge < -0.3 is 9.30 Å². The number of hydrogen-bond donors (Lipinski definition) is 1. The Morgan fingerprint density at radius 2 is 2.10 bits per heavy atom. The van der Waals surface area contributed by atoms with Crippen LogP contribution < -0.4 is 5.14 Å². The van der Waals surface area contributed by atoms with E-state index in [2.05, 4.69) is 0 Å². The Labute approximate surface area is 123 Å². The number of pyridine rings is 1. The predicted octanol–water partition coefficient (Wildman–Crippen LogP) is 0.690. The average molecular weight is 307 g/mol. The van der Waals surface area contributed by atoms with Crippen molar-refractivity contribution < 1.29 is 13.2 Å². The number of carbonyl (C=O) groups is 1. The minimum absolute atomic E-state index is 0.0638. The van der Waals surface area contributed by atoms with E-state index in [1.807, 2.05) is 34.9 Å². The molecule has 1 aliphatic heterocycles. The average Bonchev–Trinajstić information content (AvgIpc) is 3.02. The number of fused-ring (bicyclic) bond motifs is 1. The number of sulfonamides is 1. The number of primary sulfonamides is 1. The van der Waals surface area contributed by atoms with E-state index in [1.54, 1.807) is 11.0 Å². The Balaban J connectivity index is 1.78. The van der Waals surface area contributed by atoms with Crippen LogP contribution >= 0.6 is 0 Å². The first-order valence-electron chi connectivity index (χ1n) is 6.80. The van der Waals surface area contributed by atoms with Crippen molar-refractivity contribution in [2.45, 2.75) is 6.42 Å². The van der Waals surface area contributed by atoms with Gasteiger partial charge in [0.05, 0.1) is 5.75 Å². The largest absolute Gasteiger partial charge is 0.337 e. The van der Waals surface area contributed by atoms with Gasteiger partial charge in [0.1, 0.15) is 5.69 Å². The number of rotatable bonds is 3. The summed E-state index contributed by atoms with van der Waals surface area (Å²) < 4.78 is 24.1. The molecule has 3 rings (SSSR count). The van der Waals surface area contributed by atoms with Gasteiger partial charge in [-0.1, -0.05) is 6.07 Å². The highest BCUT2D eigenvalue weighted by molar-refractivity contribution is 7.89. The molecule has 7 heteroatoms. The Hall–Kier alpha value is -1.86. The van der Waals surface area contributed by atoms with Crippen molar-refractivity contribution >= 4 is 21.4 Å². The number of carbonyl (C=O) groups excluding carboxylic acids is 1. The molecule has 0 aliphatic carbocycles. The van der Waals surface area contributed by atoms with Crippen molar-refractivity contribution in [3.63, 3.8) is 0 Å². The smallest absolute Gasteiger partial charge is 0.270 e. The fraction of sp³-hybridized carbons (Fsp3) is 0.357. The molecule has 2 aromatic rings. The number of aromatic nitrogens is 1. The van der Waals surface area contributed by atoms with Crippen LogP contribution in [0.4, 0.5) is 0 Å². The summed E-state index contributed by atoms with van der Waals surface area (Å²) in [6.45, 7) is 1.01. The first-order valence-corrected chi connectivity index (χ1v) is 8.51. The SMILES string of the molecule is NS(=O)(=O)CC1CCN(C(=O)c2ccc3ccccn23)C1. The number of likely N-dealkylation sites (tertiary alicyclic amines) is 1. The summed E-state index contributed by atoms with van der Waals surface area (Å²) in [5, 5.41) is 5.07. The number of nitrogens with two attached hydrogens (primary N) is 1. The second-order valence-electron chi connectivity index (χ2n) is 5.45. The van der Waals surface area contributed by atoms with Gasteiger partial charge in [-0.15, -0.1) is 0 Å². The fourth-order valence-corrected chi connectivity index (χ4v) is 3.80. The third kappa shape index (κ3) is 2.93. The molecule has 1 atom stereocenters. The molecule has 112 valence electrons. The van der Waals surface area contributed by atoms with Gasteiger partial charge in [-0.2, -0.15) is 0 Å². The third-order valence-electron chi connectivity index (χ3n) is 3.82. The van der Waals surface area contributed by atoms with E-state index in [0.29, 0.717) is 25.2 Å². The summed E-state index contributed by atoms with van der Waals surface area (Å²) in [7, 11) is -3.49. The minimum Gasteiger partial charge on any atom is -0.337 e. The summed E-state index contributed by atoms with van der Waals surface area (Å²) in [5.74, 6) is -0.209. The van der Waals surface area contributed by atoms with Gasteiger partial charge in [0.15, 0.2) is 0 Å². The molecule has 0 saturated carbocycles. The maximum atomic E-state index is 12.6. The predicted molar refractivity (Wildman–Crippen MR) is 79.4 cm³/mol. The first kappa shape index (κ1) is 14.1. The Morgan fingerprint density at radius 1 is 1.29 bits per heavy atom. The van der Waals surface area contributed by atoms with Crippen LogP contribution in [0.15, 0.2) is 36.5 Å². The number of amides is 1. The van der Waals surface area contributed by atoms with E-state index in [-0.39, 0.29) is 17.6 Å². The van der Waals surface area contributed by atoms with Crippen molar-refractivity contribution in [1.29, 1.82) is 0 Å². The van der Waals surface area contributed by atoms with Gasteiger partial charge in [-0.05, 0) is 36.6 Å². The quantitative estimate of drug-likeness (QED) is 0.905. The maximum absolute atomic E-state index is 12.6. The van der Waals surface area contributed by atoms with Gasteiger partial charge in [0, 0.05) is 24.8 Å². The van der Waals surface area contributed by atoms with Crippen LogP contribution in [0.25, 0.3) is 5.52 Å². The highest BCUT2D eigenvalue weighted by Gasteiger charge is 2.30. The van der Waals surface area contributed by atoms with E-state index in [0.717, 1.165) is 5.52 Å². The lowest BCUT2D eigenvalue weighted by atomic mass is 10.2. The highest BCUT2D eigenvalue weighted by atomic mass is 32.2. The molecule has 1 amide bonds. The van der Waals surface area contributed by atoms with Gasteiger partial charge in [0.2, 0.25) is 10.0 Å². The zero-order chi connectivity index (χ0) is 15.0. The summed E-state index contributed by atoms with van der Waals surface area (Å²) in [5.41, 5.74) is 1.56. The number of hydrogen-bond acceptors (Lipinski definition) is 3. The molecule has 0 radical (unpaired) electrons. The standard InChI is InChI=1S/C14H17N3O3S/c15-21(19,20)10-11-6-8-16(9-11)14(18)13-5-4-12-3-1-2-7-17(12)13/h1-5,7,11H,6,8-10H2,(H2,15,19,20). The molecule has 1 fully saturated rings. The van der Waals surface area contributed by atoms with E-state index in [9.17, 15) is 13.2 Å². The lowest BCUT2D eigenvalue weighted by Crippen LogP contribution is -2.31. The van der Waals surface area contributed by atoms with Crippen molar-refractivity contribution in [1.82, 2.24) is 9.30 Å². The van der Waals surface area contributed by atoms with Crippen LogP contribution in [0.3, 0.4) is 0 Å². The molecule has 6 nitrogen and oxygen atoms in total. The van der Waals surface area contributed by atoms with Crippen molar-refractivity contribution in [2.24, 2.45) is 11.1 Å². The molecule has 2 N–H and O–H groups in total. The summed E-state index contributed by atoms with van der Waals surface area (Å²) >= 11 is 0. The lowest BCUT2D eigenvalue weighted by Gasteiger charge is -2.16. The van der Waals surface area contributed by atoms with Crippen molar-refractivity contribution in [3.05, 3.63) is 42.2 Å². The van der Waals surface area contributed by atoms with Gasteiger partial charge in [-0.3, -0.25) is 4.79 Å². The highest BCUT2D eigenvalue weighted by Crippen LogP contribution is 2.20. The Morgan fingerprint density at radius 3 is 2.86 bits per heavy atom. The van der Waals surface area contributed by atoms with Crippen LogP contribution in [-0.2, 0) is 10.0 Å². The van der Waals surface area contributed by atoms with Crippen molar-refractivity contribution in [3.8, 4) is 0 Å². The molecule has 2 aromatic heterocycles. The van der Waals surface area contributed by atoms with E-state index in [1.165, 1.54) is 0 Å². The van der Waals surface area contributed by atoms with Crippen LogP contribution in [0.5, 0.6) is 0 Å². The fourth-order valence-electron chi connectivity index (χ4n) is 2.87. The monoisotopic (exact) mass is 307 g/mol. The maximum Gasteiger partial charge on any atom is 0.270 e. The Bertz CT molecular complexity index is 782. The molecule has 1 unspecified atom stereocenters. The van der Waals surface area contributed by atoms with Crippen LogP contribution in [0.1, 0.15) is 16.9 Å². The minimum atomic E-state index is -3.49. The number of nitrogens with zero attached hydrogens (tertiary/aromatic N) is 2. The normalized spacial score (nSPS) is 19.3. The molecule has 3 heterocycles. The summed E-state index contributed by atoms with van der Waals surface area (Å²) in [6.07, 6.45) is 2.52. The first-order chi connectivity index (χ1) is 9.94. The van der Waals surface area contributed by atoms with Gasteiger partial charge in [0.25, 0.3) is 5.91 Å². The molecule has 0 spiro atoms. The molecule has 0 bridgehead atoms. The zero-order valence-corrected chi connectivity index (χ0v) is 12.3. The second kappa shape index (κ2) is 5.16. The van der Waals surface area contributed by atoms with Crippen LogP contribution in [0, 0.1) is 5.92 Å². The molecule has 21 heavy (non-hydrogen) atoms. The summed E-state index contributed by atoms with van der Waals surface area (Å²) in [4.78, 5) is 14.3. The molecule has 1 aliphatic rings. The Kier molecular flexibility index (Phi) is 3.46. The van der Waals surface area contributed by atoms with Crippen molar-refractivity contribution in [2.75, 3.05) is 18.8 Å². The molecular formula is C14H17N3O3S. The van der Waals surface area contributed by atoms with E-state index >= 15 is 0 Å². The van der Waals surface area contributed by atoms with E-state index in [4.69, 9.17) is 5.14 Å². The third-order valence-corrected chi connectivity index (χ3v) is 4.76. The molecule has 1 saturated heterocycles.